The number of hydrogen-bond acceptors (Lipinski definition) is 3. The second kappa shape index (κ2) is 5.85. The molecule has 0 aliphatic rings. The highest BCUT2D eigenvalue weighted by Gasteiger charge is 2.32. The number of nitrogens with one attached hydrogen (secondary N) is 1. The van der Waals surface area contributed by atoms with E-state index in [0.717, 1.165) is 12.1 Å². The van der Waals surface area contributed by atoms with Gasteiger partial charge in [-0.3, -0.25) is 0 Å². The lowest BCUT2D eigenvalue weighted by Crippen LogP contribution is -2.45. The Morgan fingerprint density at radius 2 is 1.76 bits per heavy atom. The molecule has 3 N–H and O–H groups in total. The molecule has 1 aromatic carbocycles. The first-order chi connectivity index (χ1) is 9.23. The first kappa shape index (κ1) is 18.4. The lowest BCUT2D eigenvalue weighted by Gasteiger charge is -2.33. The van der Waals surface area contributed by atoms with E-state index in [9.17, 15) is 12.8 Å². The highest BCUT2D eigenvalue weighted by atomic mass is 79.9. The zero-order chi connectivity index (χ0) is 16.6. The standard InChI is InChI=1S/C14H22BrFN2O2S/c1-13(2,3)8-14(4,5)18-21(19,20)12-7-11(17)9(15)6-10(12)16/h6-7,18H,8,17H2,1-5H3. The molecule has 0 aliphatic heterocycles. The Morgan fingerprint density at radius 3 is 2.24 bits per heavy atom. The predicted molar refractivity (Wildman–Crippen MR) is 87.0 cm³/mol. The minimum Gasteiger partial charge on any atom is -0.398 e. The summed E-state index contributed by atoms with van der Waals surface area (Å²) < 4.78 is 41.6. The Morgan fingerprint density at radius 1 is 1.24 bits per heavy atom. The number of nitrogen functional groups attached to an aromatic ring is 1. The summed E-state index contributed by atoms with van der Waals surface area (Å²) in [6.07, 6.45) is 0.604. The van der Waals surface area contributed by atoms with Crippen LogP contribution in [-0.4, -0.2) is 14.0 Å². The van der Waals surface area contributed by atoms with Crippen molar-refractivity contribution in [1.82, 2.24) is 4.72 Å². The Hall–Kier alpha value is -0.660. The Labute approximate surface area is 134 Å². The molecule has 0 aromatic heterocycles. The van der Waals surface area contributed by atoms with Crippen molar-refractivity contribution in [3.63, 3.8) is 0 Å². The van der Waals surface area contributed by atoms with E-state index >= 15 is 0 Å². The first-order valence-corrected chi connectivity index (χ1v) is 8.80. The van der Waals surface area contributed by atoms with Crippen LogP contribution < -0.4 is 10.5 Å². The molecular weight excluding hydrogens is 359 g/mol. The number of nitrogens with two attached hydrogens (primary N) is 1. The lowest BCUT2D eigenvalue weighted by molar-refractivity contribution is 0.269. The van der Waals surface area contributed by atoms with Crippen molar-refractivity contribution >= 4 is 31.6 Å². The lowest BCUT2D eigenvalue weighted by atomic mass is 9.82. The predicted octanol–water partition coefficient (Wildman–Crippen LogP) is 3.66. The zero-order valence-electron chi connectivity index (χ0n) is 12.9. The van der Waals surface area contributed by atoms with E-state index in [1.54, 1.807) is 13.8 Å². The molecule has 21 heavy (non-hydrogen) atoms. The van der Waals surface area contributed by atoms with Crippen molar-refractivity contribution in [2.45, 2.75) is 51.5 Å². The molecule has 0 saturated carbocycles. The molecule has 0 radical (unpaired) electrons. The van der Waals surface area contributed by atoms with Gasteiger partial charge in [0.25, 0.3) is 0 Å². The highest BCUT2D eigenvalue weighted by Crippen LogP contribution is 2.30. The Kier molecular flexibility index (Phi) is 5.12. The van der Waals surface area contributed by atoms with Gasteiger partial charge in [0.05, 0.1) is 0 Å². The third kappa shape index (κ3) is 5.23. The van der Waals surface area contributed by atoms with Crippen molar-refractivity contribution in [1.29, 1.82) is 0 Å². The maximum absolute atomic E-state index is 13.9. The number of rotatable bonds is 4. The maximum Gasteiger partial charge on any atom is 0.244 e. The SMILES string of the molecule is CC(C)(C)CC(C)(C)NS(=O)(=O)c1cc(N)c(Br)cc1F. The van der Waals surface area contributed by atoms with Crippen LogP contribution in [0.25, 0.3) is 0 Å². The van der Waals surface area contributed by atoms with E-state index < -0.39 is 26.3 Å². The van der Waals surface area contributed by atoms with Crippen LogP contribution in [0.5, 0.6) is 0 Å². The van der Waals surface area contributed by atoms with Gasteiger partial charge in [-0.15, -0.1) is 0 Å². The molecule has 0 aliphatic carbocycles. The van der Waals surface area contributed by atoms with Gasteiger partial charge in [-0.1, -0.05) is 20.8 Å². The smallest absolute Gasteiger partial charge is 0.244 e. The number of benzene rings is 1. The number of anilines is 1. The van der Waals surface area contributed by atoms with Crippen molar-refractivity contribution in [2.24, 2.45) is 5.41 Å². The summed E-state index contributed by atoms with van der Waals surface area (Å²) in [5.41, 5.74) is 5.05. The molecule has 1 aromatic rings. The van der Waals surface area contributed by atoms with Gasteiger partial charge in [-0.05, 0) is 53.7 Å². The zero-order valence-corrected chi connectivity index (χ0v) is 15.3. The Bertz CT molecular complexity index is 637. The van der Waals surface area contributed by atoms with E-state index in [2.05, 4.69) is 20.7 Å². The molecule has 0 heterocycles. The van der Waals surface area contributed by atoms with E-state index in [-0.39, 0.29) is 11.1 Å². The van der Waals surface area contributed by atoms with Crippen molar-refractivity contribution in [2.75, 3.05) is 5.73 Å². The van der Waals surface area contributed by atoms with Gasteiger partial charge in [-0.2, -0.15) is 0 Å². The molecule has 0 spiro atoms. The molecular formula is C14H22BrFN2O2S. The summed E-state index contributed by atoms with van der Waals surface area (Å²) in [5, 5.41) is 0. The van der Waals surface area contributed by atoms with E-state index in [1.807, 2.05) is 20.8 Å². The minimum atomic E-state index is -3.99. The Balaban J connectivity index is 3.16. The normalized spacial score (nSPS) is 13.5. The van der Waals surface area contributed by atoms with Crippen LogP contribution in [0.2, 0.25) is 0 Å². The molecule has 0 unspecified atom stereocenters. The molecule has 0 fully saturated rings. The van der Waals surface area contributed by atoms with Crippen molar-refractivity contribution < 1.29 is 12.8 Å². The fraction of sp³-hybridized carbons (Fsp3) is 0.571. The average Bonchev–Trinajstić information content (AvgIpc) is 2.17. The third-order valence-corrected chi connectivity index (χ3v) is 5.12. The van der Waals surface area contributed by atoms with Crippen molar-refractivity contribution in [3.8, 4) is 0 Å². The number of hydrogen-bond donors (Lipinski definition) is 2. The maximum atomic E-state index is 13.9. The molecule has 4 nitrogen and oxygen atoms in total. The molecule has 0 atom stereocenters. The van der Waals surface area contributed by atoms with Crippen molar-refractivity contribution in [3.05, 3.63) is 22.4 Å². The first-order valence-electron chi connectivity index (χ1n) is 6.52. The largest absolute Gasteiger partial charge is 0.398 e. The number of halogens is 2. The average molecular weight is 381 g/mol. The summed E-state index contributed by atoms with van der Waals surface area (Å²) >= 11 is 3.07. The minimum absolute atomic E-state index is 0.0662. The fourth-order valence-electron chi connectivity index (χ4n) is 2.53. The van der Waals surface area contributed by atoms with Gasteiger partial charge in [0.2, 0.25) is 10.0 Å². The quantitative estimate of drug-likeness (QED) is 0.782. The summed E-state index contributed by atoms with van der Waals surface area (Å²) in [7, 11) is -3.99. The van der Waals surface area contributed by atoms with Gasteiger partial charge < -0.3 is 5.73 Å². The molecule has 1 rings (SSSR count). The summed E-state index contributed by atoms with van der Waals surface area (Å²) in [6, 6.07) is 2.18. The summed E-state index contributed by atoms with van der Waals surface area (Å²) in [6.45, 7) is 9.59. The molecule has 0 bridgehead atoms. The molecule has 0 saturated heterocycles. The van der Waals surface area contributed by atoms with Crippen LogP contribution in [0.15, 0.2) is 21.5 Å². The van der Waals surface area contributed by atoms with Crippen LogP contribution in [0, 0.1) is 11.2 Å². The molecule has 0 amide bonds. The van der Waals surface area contributed by atoms with E-state index in [1.165, 1.54) is 0 Å². The molecule has 120 valence electrons. The topological polar surface area (TPSA) is 72.2 Å². The van der Waals surface area contributed by atoms with E-state index in [0.29, 0.717) is 10.9 Å². The van der Waals surface area contributed by atoms with Gasteiger partial charge in [0.15, 0.2) is 0 Å². The van der Waals surface area contributed by atoms with Crippen LogP contribution in [0.4, 0.5) is 10.1 Å². The second-order valence-electron chi connectivity index (χ2n) is 7.03. The van der Waals surface area contributed by atoms with Gasteiger partial charge in [0, 0.05) is 15.7 Å². The summed E-state index contributed by atoms with van der Waals surface area (Å²) in [5.74, 6) is -0.838. The summed E-state index contributed by atoms with van der Waals surface area (Å²) in [4.78, 5) is -0.440. The third-order valence-electron chi connectivity index (χ3n) is 2.72. The van der Waals surface area contributed by atoms with Crippen LogP contribution in [0.1, 0.15) is 41.0 Å². The van der Waals surface area contributed by atoms with E-state index in [4.69, 9.17) is 5.73 Å². The number of sulfonamides is 1. The highest BCUT2D eigenvalue weighted by molar-refractivity contribution is 9.10. The van der Waals surface area contributed by atoms with Crippen LogP contribution >= 0.6 is 15.9 Å². The second-order valence-corrected chi connectivity index (χ2v) is 9.54. The van der Waals surface area contributed by atoms with Crippen LogP contribution in [0.3, 0.4) is 0 Å². The van der Waals surface area contributed by atoms with Gasteiger partial charge in [-0.25, -0.2) is 17.5 Å². The van der Waals surface area contributed by atoms with Crippen LogP contribution in [-0.2, 0) is 10.0 Å². The monoisotopic (exact) mass is 380 g/mol. The van der Waals surface area contributed by atoms with Gasteiger partial charge >= 0.3 is 0 Å². The van der Waals surface area contributed by atoms with Gasteiger partial charge in [0.1, 0.15) is 10.7 Å². The molecule has 7 heteroatoms. The fourth-order valence-corrected chi connectivity index (χ4v) is 4.35.